The summed E-state index contributed by atoms with van der Waals surface area (Å²) in [7, 11) is 0. The van der Waals surface area contributed by atoms with E-state index in [0.29, 0.717) is 11.2 Å². The van der Waals surface area contributed by atoms with Crippen LogP contribution in [0, 0.1) is 5.41 Å². The average Bonchev–Trinajstić information content (AvgIpc) is 2.15. The minimum atomic E-state index is 0.159. The Kier molecular flexibility index (Phi) is 6.45. The highest BCUT2D eigenvalue weighted by Gasteiger charge is 2.26. The van der Waals surface area contributed by atoms with E-state index in [1.807, 2.05) is 12.1 Å². The van der Waals surface area contributed by atoms with Crippen molar-refractivity contribution in [2.75, 3.05) is 0 Å². The molecule has 0 aromatic heterocycles. The van der Waals surface area contributed by atoms with Gasteiger partial charge in [-0.1, -0.05) is 67.0 Å². The molecule has 0 spiro atoms. The molecule has 1 rings (SSSR count). The molecular weight excluding hydrogens is 220 g/mol. The summed E-state index contributed by atoms with van der Waals surface area (Å²) in [5, 5.41) is 9.25. The summed E-state index contributed by atoms with van der Waals surface area (Å²) >= 11 is 0. The summed E-state index contributed by atoms with van der Waals surface area (Å²) in [4.78, 5) is 0. The fourth-order valence-corrected chi connectivity index (χ4v) is 2.34. The third kappa shape index (κ3) is 6.68. The normalized spacial score (nSPS) is 11.7. The summed E-state index contributed by atoms with van der Waals surface area (Å²) < 4.78 is 0. The number of rotatable bonds is 2. The molecule has 0 saturated heterocycles. The number of phenols is 1. The Labute approximate surface area is 113 Å². The van der Waals surface area contributed by atoms with Gasteiger partial charge in [0.25, 0.3) is 0 Å². The van der Waals surface area contributed by atoms with Crippen molar-refractivity contribution in [1.82, 2.24) is 0 Å². The molecule has 1 aromatic carbocycles. The van der Waals surface area contributed by atoms with E-state index in [0.717, 1.165) is 6.42 Å². The van der Waals surface area contributed by atoms with Gasteiger partial charge in [0.15, 0.2) is 0 Å². The van der Waals surface area contributed by atoms with E-state index >= 15 is 0 Å². The van der Waals surface area contributed by atoms with E-state index in [-0.39, 0.29) is 5.41 Å². The van der Waals surface area contributed by atoms with E-state index in [4.69, 9.17) is 0 Å². The van der Waals surface area contributed by atoms with Crippen molar-refractivity contribution >= 4 is 0 Å². The summed E-state index contributed by atoms with van der Waals surface area (Å²) in [6.07, 6.45) is 2.38. The zero-order valence-electron chi connectivity index (χ0n) is 13.2. The molecule has 0 unspecified atom stereocenters. The number of aromatic hydroxyl groups is 1. The van der Waals surface area contributed by atoms with Crippen molar-refractivity contribution in [2.45, 2.75) is 66.7 Å². The van der Waals surface area contributed by atoms with Crippen LogP contribution in [0.2, 0.25) is 0 Å². The third-order valence-corrected chi connectivity index (χ3v) is 2.62. The smallest absolute Gasteiger partial charge is 0.115 e. The van der Waals surface area contributed by atoms with Gasteiger partial charge in [-0.05, 0) is 34.9 Å². The fraction of sp³-hybridized carbons (Fsp3) is 0.647. The highest BCUT2D eigenvalue weighted by Crippen LogP contribution is 2.36. The minimum Gasteiger partial charge on any atom is -0.508 e. The van der Waals surface area contributed by atoms with E-state index in [1.54, 1.807) is 12.1 Å². The quantitative estimate of drug-likeness (QED) is 0.732. The van der Waals surface area contributed by atoms with Gasteiger partial charge in [-0.15, -0.1) is 0 Å². The Morgan fingerprint density at radius 1 is 0.889 bits per heavy atom. The number of benzene rings is 1. The second-order valence-electron chi connectivity index (χ2n) is 6.88. The topological polar surface area (TPSA) is 20.2 Å². The molecule has 0 amide bonds. The lowest BCUT2D eigenvalue weighted by Gasteiger charge is -2.33. The molecule has 0 heterocycles. The molecule has 104 valence electrons. The Morgan fingerprint density at radius 2 is 1.28 bits per heavy atom. The Bertz CT molecular complexity index is 328. The summed E-state index contributed by atoms with van der Waals surface area (Å²) in [5.41, 5.74) is 1.77. The summed E-state index contributed by atoms with van der Waals surface area (Å²) in [6.45, 7) is 15.5. The minimum absolute atomic E-state index is 0.159. The van der Waals surface area contributed by atoms with Crippen molar-refractivity contribution in [2.24, 2.45) is 5.41 Å². The monoisotopic (exact) mass is 250 g/mol. The Morgan fingerprint density at radius 3 is 1.61 bits per heavy atom. The van der Waals surface area contributed by atoms with Crippen molar-refractivity contribution in [3.05, 3.63) is 29.8 Å². The number of hydrogen-bond acceptors (Lipinski definition) is 1. The van der Waals surface area contributed by atoms with Gasteiger partial charge in [-0.2, -0.15) is 0 Å². The largest absolute Gasteiger partial charge is 0.508 e. The van der Waals surface area contributed by atoms with Gasteiger partial charge in [0.1, 0.15) is 5.75 Å². The molecule has 1 heteroatoms. The van der Waals surface area contributed by atoms with Crippen LogP contribution >= 0.6 is 0 Å². The molecule has 1 nitrogen and oxygen atoms in total. The van der Waals surface area contributed by atoms with Crippen molar-refractivity contribution in [3.8, 4) is 5.75 Å². The van der Waals surface area contributed by atoms with Crippen LogP contribution < -0.4 is 0 Å². The number of phenolic OH excluding ortho intramolecular Hbond substituents is 1. The zero-order chi connectivity index (χ0) is 14.4. The molecule has 0 aliphatic carbocycles. The maximum absolute atomic E-state index is 9.25. The predicted octanol–water partition coefficient (Wildman–Crippen LogP) is 5.52. The van der Waals surface area contributed by atoms with Gasteiger partial charge in [-0.3, -0.25) is 0 Å². The van der Waals surface area contributed by atoms with Crippen LogP contribution in [0.5, 0.6) is 5.75 Å². The molecule has 0 aliphatic heterocycles. The van der Waals surface area contributed by atoms with Crippen molar-refractivity contribution < 1.29 is 5.11 Å². The van der Waals surface area contributed by atoms with Gasteiger partial charge in [0.2, 0.25) is 0 Å². The molecule has 18 heavy (non-hydrogen) atoms. The van der Waals surface area contributed by atoms with Crippen LogP contribution in [0.25, 0.3) is 0 Å². The summed E-state index contributed by atoms with van der Waals surface area (Å²) in [6, 6.07) is 7.56. The maximum Gasteiger partial charge on any atom is 0.115 e. The van der Waals surface area contributed by atoms with Crippen LogP contribution in [-0.2, 0) is 5.41 Å². The fourth-order valence-electron chi connectivity index (χ4n) is 2.34. The average molecular weight is 250 g/mol. The molecule has 1 N–H and O–H groups in total. The van der Waals surface area contributed by atoms with E-state index in [2.05, 4.69) is 48.5 Å². The van der Waals surface area contributed by atoms with Crippen molar-refractivity contribution in [3.63, 3.8) is 0 Å². The molecule has 0 atom stereocenters. The molecule has 0 saturated carbocycles. The van der Waals surface area contributed by atoms with Crippen LogP contribution in [0.3, 0.4) is 0 Å². The molecule has 0 aliphatic rings. The first-order valence-electron chi connectivity index (χ1n) is 6.92. The first-order chi connectivity index (χ1) is 8.12. The van der Waals surface area contributed by atoms with Gasteiger partial charge >= 0.3 is 0 Å². The van der Waals surface area contributed by atoms with E-state index in [1.165, 1.54) is 12.0 Å². The second kappa shape index (κ2) is 6.82. The van der Waals surface area contributed by atoms with Crippen LogP contribution in [0.15, 0.2) is 24.3 Å². The van der Waals surface area contributed by atoms with Crippen molar-refractivity contribution in [1.29, 1.82) is 0 Å². The SMILES string of the molecule is CC(C)(C)CC(C)(C)c1ccc(O)cc1.CCC. The highest BCUT2D eigenvalue weighted by molar-refractivity contribution is 5.30. The molecular formula is C17H30O. The highest BCUT2D eigenvalue weighted by atomic mass is 16.3. The Balaban J connectivity index is 0.000000873. The lowest BCUT2D eigenvalue weighted by molar-refractivity contribution is 0.284. The lowest BCUT2D eigenvalue weighted by atomic mass is 9.72. The molecule has 0 radical (unpaired) electrons. The first kappa shape index (κ1) is 17.0. The maximum atomic E-state index is 9.25. The molecule has 1 aromatic rings. The molecule has 0 bridgehead atoms. The van der Waals surface area contributed by atoms with Gasteiger partial charge in [0, 0.05) is 0 Å². The van der Waals surface area contributed by atoms with E-state index < -0.39 is 0 Å². The first-order valence-corrected chi connectivity index (χ1v) is 6.92. The molecule has 0 fully saturated rings. The summed E-state index contributed by atoms with van der Waals surface area (Å²) in [5.74, 6) is 0.338. The van der Waals surface area contributed by atoms with Crippen LogP contribution in [0.4, 0.5) is 0 Å². The lowest BCUT2D eigenvalue weighted by Crippen LogP contribution is -2.24. The number of hydrogen-bond donors (Lipinski definition) is 1. The van der Waals surface area contributed by atoms with Gasteiger partial charge in [-0.25, -0.2) is 0 Å². The van der Waals surface area contributed by atoms with Crippen LogP contribution in [0.1, 0.15) is 66.9 Å². The van der Waals surface area contributed by atoms with Gasteiger partial charge < -0.3 is 5.11 Å². The van der Waals surface area contributed by atoms with Gasteiger partial charge in [0.05, 0.1) is 0 Å². The second-order valence-corrected chi connectivity index (χ2v) is 6.88. The predicted molar refractivity (Wildman–Crippen MR) is 81.2 cm³/mol. The third-order valence-electron chi connectivity index (χ3n) is 2.62. The standard InChI is InChI=1S/C14H22O.C3H8/c1-13(2,3)10-14(4,5)11-6-8-12(15)9-7-11;1-3-2/h6-9,15H,10H2,1-5H3;3H2,1-2H3. The Hall–Kier alpha value is -0.980. The van der Waals surface area contributed by atoms with Crippen LogP contribution in [-0.4, -0.2) is 5.11 Å². The zero-order valence-corrected chi connectivity index (χ0v) is 13.2. The van der Waals surface area contributed by atoms with E-state index in [9.17, 15) is 5.11 Å².